The summed E-state index contributed by atoms with van der Waals surface area (Å²) in [6.07, 6.45) is 5.21. The van der Waals surface area contributed by atoms with E-state index in [1.54, 1.807) is 12.1 Å². The SMILES string of the molecule is Nc1ncnc2c3c(n(-c4ccc(NC(=O)NCCc5ccc(F)cc5)cc4)c12)CCC3. The van der Waals surface area contributed by atoms with Gasteiger partial charge in [0.25, 0.3) is 0 Å². The molecule has 4 aromatic rings. The zero-order valence-corrected chi connectivity index (χ0v) is 17.4. The number of nitrogens with one attached hydrogen (secondary N) is 2. The van der Waals surface area contributed by atoms with E-state index in [4.69, 9.17) is 5.73 Å². The molecule has 1 aliphatic rings. The molecule has 0 saturated heterocycles. The molecule has 8 heteroatoms. The van der Waals surface area contributed by atoms with Gasteiger partial charge in [0.05, 0.1) is 5.52 Å². The zero-order valence-electron chi connectivity index (χ0n) is 17.4. The summed E-state index contributed by atoms with van der Waals surface area (Å²) < 4.78 is 15.1. The molecule has 7 nitrogen and oxygen atoms in total. The Balaban J connectivity index is 1.28. The van der Waals surface area contributed by atoms with Gasteiger partial charge in [0.1, 0.15) is 17.7 Å². The first kappa shape index (κ1) is 20.0. The number of fused-ring (bicyclic) bond motifs is 3. The summed E-state index contributed by atoms with van der Waals surface area (Å²) in [6, 6.07) is 13.6. The highest BCUT2D eigenvalue weighted by Gasteiger charge is 2.25. The van der Waals surface area contributed by atoms with E-state index in [9.17, 15) is 9.18 Å². The number of hydrogen-bond acceptors (Lipinski definition) is 4. The van der Waals surface area contributed by atoms with Crippen molar-refractivity contribution in [1.29, 1.82) is 0 Å². The second-order valence-corrected chi connectivity index (χ2v) is 7.87. The molecule has 2 heterocycles. The molecule has 0 unspecified atom stereocenters. The Bertz CT molecular complexity index is 1280. The minimum atomic E-state index is -0.287. The molecule has 162 valence electrons. The van der Waals surface area contributed by atoms with Gasteiger partial charge in [-0.15, -0.1) is 0 Å². The lowest BCUT2D eigenvalue weighted by Crippen LogP contribution is -2.30. The number of amides is 2. The van der Waals surface area contributed by atoms with Crippen LogP contribution in [0, 0.1) is 5.82 Å². The van der Waals surface area contributed by atoms with Gasteiger partial charge in [0.2, 0.25) is 0 Å². The molecule has 2 aromatic carbocycles. The van der Waals surface area contributed by atoms with Crippen molar-refractivity contribution in [3.8, 4) is 5.69 Å². The fourth-order valence-electron chi connectivity index (χ4n) is 4.32. The lowest BCUT2D eigenvalue weighted by Gasteiger charge is -2.12. The van der Waals surface area contributed by atoms with Gasteiger partial charge in [-0.2, -0.15) is 0 Å². The van der Waals surface area contributed by atoms with Gasteiger partial charge in [-0.3, -0.25) is 0 Å². The molecule has 0 bridgehead atoms. The van der Waals surface area contributed by atoms with E-state index in [1.807, 2.05) is 24.3 Å². The van der Waals surface area contributed by atoms with Crippen LogP contribution < -0.4 is 16.4 Å². The number of hydrogen-bond donors (Lipinski definition) is 3. The number of anilines is 2. The van der Waals surface area contributed by atoms with Gasteiger partial charge >= 0.3 is 6.03 Å². The van der Waals surface area contributed by atoms with Crippen LogP contribution >= 0.6 is 0 Å². The van der Waals surface area contributed by atoms with Crippen LogP contribution in [0.3, 0.4) is 0 Å². The molecule has 0 atom stereocenters. The number of nitrogen functional groups attached to an aromatic ring is 1. The molecule has 0 aliphatic heterocycles. The molecule has 2 amide bonds. The highest BCUT2D eigenvalue weighted by molar-refractivity contribution is 5.92. The molecule has 2 aromatic heterocycles. The van der Waals surface area contributed by atoms with E-state index in [-0.39, 0.29) is 11.8 Å². The zero-order chi connectivity index (χ0) is 22.1. The van der Waals surface area contributed by atoms with E-state index < -0.39 is 0 Å². The van der Waals surface area contributed by atoms with Gasteiger partial charge in [-0.1, -0.05) is 12.1 Å². The molecule has 4 N–H and O–H groups in total. The predicted octanol–water partition coefficient (Wildman–Crippen LogP) is 3.99. The van der Waals surface area contributed by atoms with Crippen LogP contribution in [-0.2, 0) is 19.3 Å². The Morgan fingerprint density at radius 1 is 1.06 bits per heavy atom. The number of carbonyl (C=O) groups is 1. The summed E-state index contributed by atoms with van der Waals surface area (Å²) in [5, 5.41) is 5.66. The third-order valence-electron chi connectivity index (χ3n) is 5.81. The third kappa shape index (κ3) is 3.75. The number of nitrogens with two attached hydrogens (primary N) is 1. The molecular weight excluding hydrogens is 407 g/mol. The Morgan fingerprint density at radius 2 is 1.84 bits per heavy atom. The summed E-state index contributed by atoms with van der Waals surface area (Å²) in [6.45, 7) is 0.455. The first-order chi connectivity index (χ1) is 15.6. The van der Waals surface area contributed by atoms with Crippen molar-refractivity contribution in [2.45, 2.75) is 25.7 Å². The average molecular weight is 430 g/mol. The topological polar surface area (TPSA) is 97.9 Å². The maximum absolute atomic E-state index is 13.0. The standard InChI is InChI=1S/C24H23FN6O/c25-16-6-4-15(5-7-16)12-13-27-24(32)30-17-8-10-18(11-9-17)31-20-3-1-2-19(20)21-22(31)23(26)29-14-28-21/h4-11,14H,1-3,12-13H2,(H2,26,28,29)(H2,27,30,32). The molecule has 5 rings (SSSR count). The molecule has 0 radical (unpaired) electrons. The number of nitrogens with zero attached hydrogens (tertiary/aromatic N) is 3. The number of rotatable bonds is 5. The van der Waals surface area contributed by atoms with Crippen LogP contribution in [-0.4, -0.2) is 27.1 Å². The van der Waals surface area contributed by atoms with Gasteiger partial charge in [-0.05, 0) is 73.2 Å². The van der Waals surface area contributed by atoms with Crippen molar-refractivity contribution < 1.29 is 9.18 Å². The predicted molar refractivity (Wildman–Crippen MR) is 122 cm³/mol. The minimum absolute atomic E-state index is 0.268. The van der Waals surface area contributed by atoms with Crippen molar-refractivity contribution in [3.05, 3.63) is 77.5 Å². The van der Waals surface area contributed by atoms with E-state index in [0.29, 0.717) is 24.5 Å². The van der Waals surface area contributed by atoms with Crippen LogP contribution in [0.15, 0.2) is 54.9 Å². The number of aryl methyl sites for hydroxylation is 1. The first-order valence-electron chi connectivity index (χ1n) is 10.6. The fraction of sp³-hybridized carbons (Fsp3) is 0.208. The lowest BCUT2D eigenvalue weighted by molar-refractivity contribution is 0.252. The highest BCUT2D eigenvalue weighted by atomic mass is 19.1. The number of benzene rings is 2. The largest absolute Gasteiger partial charge is 0.382 e. The van der Waals surface area contributed by atoms with Crippen LogP contribution in [0.1, 0.15) is 23.2 Å². The van der Waals surface area contributed by atoms with Crippen molar-refractivity contribution in [2.75, 3.05) is 17.6 Å². The quantitative estimate of drug-likeness (QED) is 0.446. The second-order valence-electron chi connectivity index (χ2n) is 7.87. The van der Waals surface area contributed by atoms with Crippen LogP contribution in [0.25, 0.3) is 16.7 Å². The molecule has 0 spiro atoms. The normalized spacial score (nSPS) is 12.7. The molecule has 1 aliphatic carbocycles. The molecule has 0 saturated carbocycles. The fourth-order valence-corrected chi connectivity index (χ4v) is 4.32. The van der Waals surface area contributed by atoms with Crippen molar-refractivity contribution in [1.82, 2.24) is 19.9 Å². The summed E-state index contributed by atoms with van der Waals surface area (Å²) in [5.74, 6) is 0.197. The summed E-state index contributed by atoms with van der Waals surface area (Å²) >= 11 is 0. The maximum atomic E-state index is 13.0. The van der Waals surface area contributed by atoms with E-state index in [2.05, 4.69) is 25.2 Å². The Morgan fingerprint density at radius 3 is 2.62 bits per heavy atom. The minimum Gasteiger partial charge on any atom is -0.382 e. The van der Waals surface area contributed by atoms with Crippen LogP contribution in [0.5, 0.6) is 0 Å². The Labute approximate surface area is 184 Å². The third-order valence-corrected chi connectivity index (χ3v) is 5.81. The van der Waals surface area contributed by atoms with Crippen molar-refractivity contribution >= 4 is 28.6 Å². The average Bonchev–Trinajstić information content (AvgIpc) is 3.38. The molecular formula is C24H23FN6O. The Kier molecular flexibility index (Phi) is 5.18. The number of halogens is 1. The lowest BCUT2D eigenvalue weighted by atomic mass is 10.1. The smallest absolute Gasteiger partial charge is 0.319 e. The summed E-state index contributed by atoms with van der Waals surface area (Å²) in [4.78, 5) is 20.9. The van der Waals surface area contributed by atoms with Gasteiger partial charge in [-0.25, -0.2) is 19.2 Å². The summed E-state index contributed by atoms with van der Waals surface area (Å²) in [5.41, 5.74) is 13.0. The van der Waals surface area contributed by atoms with Gasteiger partial charge in [0.15, 0.2) is 5.82 Å². The molecule has 32 heavy (non-hydrogen) atoms. The van der Waals surface area contributed by atoms with Gasteiger partial charge in [0, 0.05) is 23.6 Å². The Hall–Kier alpha value is -3.94. The van der Waals surface area contributed by atoms with Crippen molar-refractivity contribution in [2.24, 2.45) is 0 Å². The number of aromatic nitrogens is 3. The van der Waals surface area contributed by atoms with Crippen molar-refractivity contribution in [3.63, 3.8) is 0 Å². The van der Waals surface area contributed by atoms with E-state index in [1.165, 1.54) is 29.7 Å². The van der Waals surface area contributed by atoms with Gasteiger partial charge < -0.3 is 20.9 Å². The number of urea groups is 1. The first-order valence-corrected chi connectivity index (χ1v) is 10.6. The van der Waals surface area contributed by atoms with Crippen LogP contribution in [0.2, 0.25) is 0 Å². The van der Waals surface area contributed by atoms with E-state index in [0.717, 1.165) is 41.5 Å². The van der Waals surface area contributed by atoms with Crippen LogP contribution in [0.4, 0.5) is 20.7 Å². The monoisotopic (exact) mass is 430 g/mol. The highest BCUT2D eigenvalue weighted by Crippen LogP contribution is 2.36. The number of carbonyl (C=O) groups excluding carboxylic acids is 1. The molecule has 0 fully saturated rings. The van der Waals surface area contributed by atoms with E-state index >= 15 is 0 Å². The second kappa shape index (κ2) is 8.30. The summed E-state index contributed by atoms with van der Waals surface area (Å²) in [7, 11) is 0. The maximum Gasteiger partial charge on any atom is 0.319 e.